The van der Waals surface area contributed by atoms with Crippen LogP contribution in [0.3, 0.4) is 0 Å². The number of hydrogen-bond donors (Lipinski definition) is 2. The Morgan fingerprint density at radius 3 is 1.89 bits per heavy atom. The number of rotatable bonds is 4. The predicted molar refractivity (Wildman–Crippen MR) is 34.1 cm³/mol. The van der Waals surface area contributed by atoms with Crippen LogP contribution in [-0.2, 0) is 13.3 Å². The summed E-state index contributed by atoms with van der Waals surface area (Å²) in [7, 11) is 0.0217. The van der Waals surface area contributed by atoms with Gasteiger partial charge in [-0.25, -0.2) is 0 Å². The molecule has 0 aromatic rings. The minimum absolute atomic E-state index is 0.0183. The van der Waals surface area contributed by atoms with Gasteiger partial charge in [-0.1, -0.05) is 0 Å². The van der Waals surface area contributed by atoms with E-state index in [1.807, 2.05) is 0 Å². The summed E-state index contributed by atoms with van der Waals surface area (Å²) >= 11 is 0. The SMILES string of the molecule is CO[Si](N)(OC)OCN. The lowest BCUT2D eigenvalue weighted by Gasteiger charge is -2.18. The van der Waals surface area contributed by atoms with Gasteiger partial charge in [0.1, 0.15) is 0 Å². The topological polar surface area (TPSA) is 79.7 Å². The molecule has 0 heterocycles. The number of hydrogen-bond acceptors (Lipinski definition) is 5. The molecule has 56 valence electrons. The van der Waals surface area contributed by atoms with Crippen molar-refractivity contribution in [2.24, 2.45) is 11.1 Å². The lowest BCUT2D eigenvalue weighted by atomic mass is 11.4. The van der Waals surface area contributed by atoms with Gasteiger partial charge in [0.15, 0.2) is 0 Å². The number of nitrogens with two attached hydrogens (primary N) is 2. The highest BCUT2D eigenvalue weighted by Crippen LogP contribution is 1.94. The molecular formula is C3H12N2O3Si. The Hall–Kier alpha value is 0.0169. The van der Waals surface area contributed by atoms with Crippen LogP contribution in [0.15, 0.2) is 0 Å². The van der Waals surface area contributed by atoms with E-state index in [0.29, 0.717) is 0 Å². The van der Waals surface area contributed by atoms with Crippen LogP contribution in [0.2, 0.25) is 0 Å². The Morgan fingerprint density at radius 2 is 1.78 bits per heavy atom. The van der Waals surface area contributed by atoms with Crippen LogP contribution in [0.5, 0.6) is 0 Å². The van der Waals surface area contributed by atoms with Gasteiger partial charge in [0.05, 0.1) is 6.73 Å². The molecule has 0 atom stereocenters. The van der Waals surface area contributed by atoms with Gasteiger partial charge in [-0.2, -0.15) is 0 Å². The van der Waals surface area contributed by atoms with Crippen molar-refractivity contribution in [1.29, 1.82) is 0 Å². The van der Waals surface area contributed by atoms with Crippen LogP contribution in [0.1, 0.15) is 0 Å². The molecule has 0 saturated carbocycles. The van der Waals surface area contributed by atoms with Crippen LogP contribution in [-0.4, -0.2) is 29.9 Å². The molecule has 0 aliphatic heterocycles. The molecule has 0 bridgehead atoms. The molecule has 9 heavy (non-hydrogen) atoms. The quantitative estimate of drug-likeness (QED) is 0.383. The molecule has 0 aromatic heterocycles. The van der Waals surface area contributed by atoms with E-state index < -0.39 is 8.97 Å². The van der Waals surface area contributed by atoms with Crippen molar-refractivity contribution < 1.29 is 13.3 Å². The van der Waals surface area contributed by atoms with Crippen LogP contribution >= 0.6 is 0 Å². The Balaban J connectivity index is 3.62. The smallest absolute Gasteiger partial charge is 0.365 e. The standard InChI is InChI=1S/C3H12N2O3Si/c1-6-9(5,7-2)8-3-4/h3-5H2,1-2H3. The normalized spacial score (nSPS) is 12.0. The molecule has 0 rings (SSSR count). The Bertz CT molecular complexity index is 77.5. The van der Waals surface area contributed by atoms with Gasteiger partial charge in [-0.15, -0.1) is 0 Å². The van der Waals surface area contributed by atoms with Crippen LogP contribution in [0.25, 0.3) is 0 Å². The van der Waals surface area contributed by atoms with Crippen molar-refractivity contribution in [3.63, 3.8) is 0 Å². The summed E-state index contributed by atoms with van der Waals surface area (Å²) in [5.41, 5.74) is 5.04. The van der Waals surface area contributed by atoms with Gasteiger partial charge in [0.2, 0.25) is 0 Å². The van der Waals surface area contributed by atoms with Crippen molar-refractivity contribution in [3.05, 3.63) is 0 Å². The summed E-state index contributed by atoms with van der Waals surface area (Å²) in [6.07, 6.45) is 0. The van der Waals surface area contributed by atoms with E-state index in [-0.39, 0.29) is 6.73 Å². The van der Waals surface area contributed by atoms with Crippen LogP contribution in [0.4, 0.5) is 0 Å². The van der Waals surface area contributed by atoms with E-state index in [1.165, 1.54) is 14.2 Å². The molecular weight excluding hydrogens is 140 g/mol. The zero-order valence-corrected chi connectivity index (χ0v) is 6.59. The van der Waals surface area contributed by atoms with E-state index in [9.17, 15) is 0 Å². The zero-order chi connectivity index (χ0) is 7.33. The summed E-state index contributed by atoms with van der Waals surface area (Å²) in [4.78, 5) is 0. The van der Waals surface area contributed by atoms with Gasteiger partial charge >= 0.3 is 8.97 Å². The zero-order valence-electron chi connectivity index (χ0n) is 5.59. The summed E-state index contributed by atoms with van der Waals surface area (Å²) in [5.74, 6) is 0. The predicted octanol–water partition coefficient (Wildman–Crippen LogP) is -1.39. The van der Waals surface area contributed by atoms with E-state index in [4.69, 9.17) is 24.4 Å². The molecule has 0 aromatic carbocycles. The summed E-state index contributed by atoms with van der Waals surface area (Å²) in [6, 6.07) is 0. The summed E-state index contributed by atoms with van der Waals surface area (Å²) < 4.78 is 14.2. The molecule has 6 heteroatoms. The molecule has 0 fully saturated rings. The van der Waals surface area contributed by atoms with Gasteiger partial charge < -0.3 is 19.0 Å². The second kappa shape index (κ2) is 3.93. The monoisotopic (exact) mass is 152 g/mol. The molecule has 5 nitrogen and oxygen atoms in total. The molecule has 4 N–H and O–H groups in total. The fourth-order valence-electron chi connectivity index (χ4n) is 0.317. The third-order valence-corrected chi connectivity index (χ3v) is 2.56. The minimum atomic E-state index is -2.82. The second-order valence-electron chi connectivity index (χ2n) is 1.32. The van der Waals surface area contributed by atoms with Crippen molar-refractivity contribution >= 4 is 8.97 Å². The maximum absolute atomic E-state index is 5.40. The van der Waals surface area contributed by atoms with Gasteiger partial charge in [-0.3, -0.25) is 5.40 Å². The third kappa shape index (κ3) is 2.89. The molecule has 0 unspecified atom stereocenters. The highest BCUT2D eigenvalue weighted by molar-refractivity contribution is 6.56. The lowest BCUT2D eigenvalue weighted by molar-refractivity contribution is 0.102. The average Bonchev–Trinajstić information content (AvgIpc) is 1.89. The van der Waals surface area contributed by atoms with Crippen molar-refractivity contribution in [2.75, 3.05) is 21.0 Å². The van der Waals surface area contributed by atoms with Gasteiger partial charge in [0, 0.05) is 14.2 Å². The average molecular weight is 152 g/mol. The third-order valence-electron chi connectivity index (χ3n) is 0.854. The van der Waals surface area contributed by atoms with Crippen LogP contribution < -0.4 is 11.1 Å². The second-order valence-corrected chi connectivity index (χ2v) is 3.64. The van der Waals surface area contributed by atoms with E-state index in [1.54, 1.807) is 0 Å². The lowest BCUT2D eigenvalue weighted by Crippen LogP contribution is -2.54. The highest BCUT2D eigenvalue weighted by atomic mass is 28.4. The largest absolute Gasteiger partial charge is 0.594 e. The van der Waals surface area contributed by atoms with E-state index in [0.717, 1.165) is 0 Å². The minimum Gasteiger partial charge on any atom is -0.365 e. The van der Waals surface area contributed by atoms with E-state index in [2.05, 4.69) is 0 Å². The van der Waals surface area contributed by atoms with Crippen molar-refractivity contribution in [2.45, 2.75) is 0 Å². The first-order valence-electron chi connectivity index (χ1n) is 2.41. The molecule has 0 amide bonds. The molecule has 0 aliphatic carbocycles. The van der Waals surface area contributed by atoms with Crippen LogP contribution in [0, 0.1) is 0 Å². The first-order chi connectivity index (χ1) is 4.18. The van der Waals surface area contributed by atoms with Gasteiger partial charge in [-0.05, 0) is 0 Å². The maximum Gasteiger partial charge on any atom is 0.594 e. The van der Waals surface area contributed by atoms with Gasteiger partial charge in [0.25, 0.3) is 0 Å². The van der Waals surface area contributed by atoms with Crippen molar-refractivity contribution in [1.82, 2.24) is 0 Å². The summed E-state index contributed by atoms with van der Waals surface area (Å²) in [5, 5.41) is 5.40. The Kier molecular flexibility index (Phi) is 3.94. The van der Waals surface area contributed by atoms with E-state index >= 15 is 0 Å². The fraction of sp³-hybridized carbons (Fsp3) is 1.00. The first-order valence-corrected chi connectivity index (χ1v) is 4.22. The highest BCUT2D eigenvalue weighted by Gasteiger charge is 2.33. The molecule has 0 radical (unpaired) electrons. The Morgan fingerprint density at radius 1 is 1.33 bits per heavy atom. The van der Waals surface area contributed by atoms with Crippen molar-refractivity contribution in [3.8, 4) is 0 Å². The fourth-order valence-corrected chi connectivity index (χ4v) is 0.952. The Labute approximate surface area is 55.3 Å². The first kappa shape index (κ1) is 9.02. The maximum atomic E-state index is 5.40. The molecule has 0 aliphatic rings. The summed E-state index contributed by atoms with van der Waals surface area (Å²) in [6.45, 7) is 0.0183. The molecule has 0 saturated heterocycles. The molecule has 0 spiro atoms.